The number of hydrogen-bond donors (Lipinski definition) is 1. The highest BCUT2D eigenvalue weighted by Gasteiger charge is 2.13. The Labute approximate surface area is 119 Å². The van der Waals surface area contributed by atoms with E-state index < -0.39 is 0 Å². The van der Waals surface area contributed by atoms with E-state index in [0.29, 0.717) is 18.7 Å². The number of nitrogens with zero attached hydrogens (tertiary/aromatic N) is 1. The van der Waals surface area contributed by atoms with Gasteiger partial charge in [-0.3, -0.25) is 4.79 Å². The van der Waals surface area contributed by atoms with E-state index >= 15 is 0 Å². The summed E-state index contributed by atoms with van der Waals surface area (Å²) in [6.07, 6.45) is 0.358. The van der Waals surface area contributed by atoms with Crippen LogP contribution in [0.15, 0.2) is 29.2 Å². The fraction of sp³-hybridized carbons (Fsp3) is 0.467. The molecule has 19 heavy (non-hydrogen) atoms. The van der Waals surface area contributed by atoms with Gasteiger partial charge in [0, 0.05) is 11.4 Å². The van der Waals surface area contributed by atoms with E-state index in [4.69, 9.17) is 5.26 Å². The third-order valence-corrected chi connectivity index (χ3v) is 3.66. The lowest BCUT2D eigenvalue weighted by Crippen LogP contribution is -2.25. The number of rotatable bonds is 5. The maximum Gasteiger partial charge on any atom is 0.230 e. The lowest BCUT2D eigenvalue weighted by atomic mass is 9.87. The monoisotopic (exact) mass is 276 g/mol. The van der Waals surface area contributed by atoms with Crippen molar-refractivity contribution in [3.05, 3.63) is 29.8 Å². The number of amides is 1. The molecule has 0 atom stereocenters. The minimum absolute atomic E-state index is 0.0276. The number of carbonyl (C=O) groups is 1. The van der Waals surface area contributed by atoms with Crippen LogP contribution in [0.25, 0.3) is 0 Å². The molecule has 1 aromatic rings. The molecular formula is C15H20N2OS. The molecule has 0 saturated heterocycles. The minimum atomic E-state index is -0.0276. The number of nitriles is 1. The SMILES string of the molecule is CC(C)(C)c1ccc(SCC(=O)NCCC#N)cc1. The molecule has 0 heterocycles. The normalized spacial score (nSPS) is 10.8. The average molecular weight is 276 g/mol. The molecule has 3 nitrogen and oxygen atoms in total. The van der Waals surface area contributed by atoms with Crippen molar-refractivity contribution in [3.8, 4) is 6.07 Å². The molecule has 0 bridgehead atoms. The summed E-state index contributed by atoms with van der Waals surface area (Å²) in [5.41, 5.74) is 1.44. The minimum Gasteiger partial charge on any atom is -0.354 e. The molecule has 0 aliphatic rings. The second-order valence-electron chi connectivity index (χ2n) is 5.32. The Kier molecular flexibility index (Phi) is 5.91. The van der Waals surface area contributed by atoms with Gasteiger partial charge in [0.2, 0.25) is 5.91 Å². The molecule has 1 N–H and O–H groups in total. The summed E-state index contributed by atoms with van der Waals surface area (Å²) < 4.78 is 0. The first-order valence-electron chi connectivity index (χ1n) is 6.30. The molecule has 0 aromatic heterocycles. The van der Waals surface area contributed by atoms with Crippen LogP contribution < -0.4 is 5.32 Å². The molecule has 0 saturated carbocycles. The molecule has 0 unspecified atom stereocenters. The van der Waals surface area contributed by atoms with Gasteiger partial charge in [-0.05, 0) is 23.1 Å². The lowest BCUT2D eigenvalue weighted by molar-refractivity contribution is -0.118. The summed E-state index contributed by atoms with van der Waals surface area (Å²) in [5.74, 6) is 0.362. The van der Waals surface area contributed by atoms with Crippen molar-refractivity contribution in [2.75, 3.05) is 12.3 Å². The van der Waals surface area contributed by atoms with Crippen molar-refractivity contribution < 1.29 is 4.79 Å². The second-order valence-corrected chi connectivity index (χ2v) is 6.37. The third-order valence-electron chi connectivity index (χ3n) is 2.65. The van der Waals surface area contributed by atoms with Gasteiger partial charge in [0.05, 0.1) is 18.2 Å². The van der Waals surface area contributed by atoms with Gasteiger partial charge in [-0.1, -0.05) is 32.9 Å². The first-order valence-corrected chi connectivity index (χ1v) is 7.29. The Morgan fingerprint density at radius 1 is 1.32 bits per heavy atom. The van der Waals surface area contributed by atoms with Crippen LogP contribution in [-0.2, 0) is 10.2 Å². The van der Waals surface area contributed by atoms with Gasteiger partial charge < -0.3 is 5.32 Å². The van der Waals surface area contributed by atoms with E-state index in [2.05, 4.69) is 38.2 Å². The van der Waals surface area contributed by atoms with Crippen molar-refractivity contribution in [1.82, 2.24) is 5.32 Å². The summed E-state index contributed by atoms with van der Waals surface area (Å²) in [6, 6.07) is 10.3. The summed E-state index contributed by atoms with van der Waals surface area (Å²) in [7, 11) is 0. The van der Waals surface area contributed by atoms with Gasteiger partial charge in [-0.25, -0.2) is 0 Å². The maximum absolute atomic E-state index is 11.5. The molecule has 4 heteroatoms. The van der Waals surface area contributed by atoms with Crippen LogP contribution in [0.4, 0.5) is 0 Å². The van der Waals surface area contributed by atoms with Crippen molar-refractivity contribution in [3.63, 3.8) is 0 Å². The smallest absolute Gasteiger partial charge is 0.230 e. The number of nitrogens with one attached hydrogen (secondary N) is 1. The van der Waals surface area contributed by atoms with E-state index in [1.165, 1.54) is 17.3 Å². The summed E-state index contributed by atoms with van der Waals surface area (Å²) in [4.78, 5) is 12.6. The van der Waals surface area contributed by atoms with Gasteiger partial charge in [-0.2, -0.15) is 5.26 Å². The molecule has 0 fully saturated rings. The zero-order chi connectivity index (χ0) is 14.3. The third kappa shape index (κ3) is 5.80. The molecule has 0 radical (unpaired) electrons. The summed E-state index contributed by atoms with van der Waals surface area (Å²) in [5, 5.41) is 11.1. The Bertz CT molecular complexity index is 455. The lowest BCUT2D eigenvalue weighted by Gasteiger charge is -2.19. The van der Waals surface area contributed by atoms with Crippen LogP contribution in [0.5, 0.6) is 0 Å². The molecule has 1 rings (SSSR count). The van der Waals surface area contributed by atoms with E-state index in [-0.39, 0.29) is 11.3 Å². The fourth-order valence-corrected chi connectivity index (χ4v) is 2.24. The van der Waals surface area contributed by atoms with E-state index in [0.717, 1.165) is 4.90 Å². The van der Waals surface area contributed by atoms with Crippen molar-refractivity contribution in [1.29, 1.82) is 5.26 Å². The van der Waals surface area contributed by atoms with Crippen LogP contribution in [0, 0.1) is 11.3 Å². The molecule has 1 aromatic carbocycles. The molecular weight excluding hydrogens is 256 g/mol. The zero-order valence-corrected chi connectivity index (χ0v) is 12.5. The van der Waals surface area contributed by atoms with Gasteiger partial charge in [0.15, 0.2) is 0 Å². The van der Waals surface area contributed by atoms with E-state index in [1.54, 1.807) is 0 Å². The standard InChI is InChI=1S/C15H20N2OS/c1-15(2,3)12-5-7-13(8-6-12)19-11-14(18)17-10-4-9-16/h5-8H,4,10-11H2,1-3H3,(H,17,18). The Balaban J connectivity index is 2.42. The van der Waals surface area contributed by atoms with Crippen LogP contribution >= 0.6 is 11.8 Å². The first-order chi connectivity index (χ1) is 8.93. The van der Waals surface area contributed by atoms with Crippen molar-refractivity contribution in [2.45, 2.75) is 37.5 Å². The topological polar surface area (TPSA) is 52.9 Å². The molecule has 0 aliphatic heterocycles. The highest BCUT2D eigenvalue weighted by atomic mass is 32.2. The molecule has 1 amide bonds. The van der Waals surface area contributed by atoms with Gasteiger partial charge in [-0.15, -0.1) is 11.8 Å². The van der Waals surface area contributed by atoms with Crippen LogP contribution in [-0.4, -0.2) is 18.2 Å². The Hall–Kier alpha value is -1.47. The number of hydrogen-bond acceptors (Lipinski definition) is 3. The average Bonchev–Trinajstić information content (AvgIpc) is 2.36. The largest absolute Gasteiger partial charge is 0.354 e. The van der Waals surface area contributed by atoms with Gasteiger partial charge in [0.1, 0.15) is 0 Å². The molecule has 0 aliphatic carbocycles. The predicted octanol–water partition coefficient (Wildman–Crippen LogP) is 3.11. The van der Waals surface area contributed by atoms with Gasteiger partial charge in [0.25, 0.3) is 0 Å². The molecule has 0 spiro atoms. The highest BCUT2D eigenvalue weighted by molar-refractivity contribution is 8.00. The Morgan fingerprint density at radius 2 is 1.95 bits per heavy atom. The zero-order valence-electron chi connectivity index (χ0n) is 11.7. The van der Waals surface area contributed by atoms with Crippen LogP contribution in [0.2, 0.25) is 0 Å². The first kappa shape index (κ1) is 15.6. The summed E-state index contributed by atoms with van der Waals surface area (Å²) in [6.45, 7) is 6.96. The van der Waals surface area contributed by atoms with Crippen LogP contribution in [0.1, 0.15) is 32.8 Å². The van der Waals surface area contributed by atoms with Gasteiger partial charge >= 0.3 is 0 Å². The number of thioether (sulfide) groups is 1. The van der Waals surface area contributed by atoms with E-state index in [1.807, 2.05) is 18.2 Å². The predicted molar refractivity (Wildman–Crippen MR) is 79.1 cm³/mol. The fourth-order valence-electron chi connectivity index (χ4n) is 1.51. The van der Waals surface area contributed by atoms with Crippen molar-refractivity contribution >= 4 is 17.7 Å². The quantitative estimate of drug-likeness (QED) is 0.664. The highest BCUT2D eigenvalue weighted by Crippen LogP contribution is 2.25. The number of benzene rings is 1. The number of carbonyl (C=O) groups excluding carboxylic acids is 1. The summed E-state index contributed by atoms with van der Waals surface area (Å²) >= 11 is 1.51. The van der Waals surface area contributed by atoms with Crippen molar-refractivity contribution in [2.24, 2.45) is 0 Å². The second kappa shape index (κ2) is 7.20. The Morgan fingerprint density at radius 3 is 2.47 bits per heavy atom. The maximum atomic E-state index is 11.5. The molecule has 102 valence electrons. The van der Waals surface area contributed by atoms with Crippen LogP contribution in [0.3, 0.4) is 0 Å². The van der Waals surface area contributed by atoms with E-state index in [9.17, 15) is 4.79 Å².